The predicted octanol–water partition coefficient (Wildman–Crippen LogP) is 2.17. The molecular weight excluding hydrogens is 414 g/mol. The number of aromatic amines is 1. The van der Waals surface area contributed by atoms with Crippen LogP contribution >= 0.6 is 0 Å². The lowest BCUT2D eigenvalue weighted by atomic mass is 10.1. The molecule has 0 radical (unpaired) electrons. The molecule has 0 aliphatic carbocycles. The van der Waals surface area contributed by atoms with Gasteiger partial charge < -0.3 is 0 Å². The maximum atomic E-state index is 11.9. The molecule has 2 atom stereocenters. The molecule has 1 aromatic carbocycles. The SMILES string of the molecule is CCn1nc(C)c(CN2C[C@@H](NS(C)(=O)=O)C[C@H]2c2nc(-c3ccccc3)n[nH]2)c1C. The predicted molar refractivity (Wildman–Crippen MR) is 119 cm³/mol. The molecule has 1 fully saturated rings. The lowest BCUT2D eigenvalue weighted by molar-refractivity contribution is 0.238. The van der Waals surface area contributed by atoms with Crippen molar-refractivity contribution in [2.45, 2.75) is 52.4 Å². The van der Waals surface area contributed by atoms with Gasteiger partial charge in [-0.25, -0.2) is 18.1 Å². The zero-order valence-corrected chi connectivity index (χ0v) is 19.1. The fourth-order valence-corrected chi connectivity index (χ4v) is 5.14. The van der Waals surface area contributed by atoms with E-state index in [1.807, 2.05) is 41.9 Å². The Morgan fingerprint density at radius 1 is 1.23 bits per heavy atom. The van der Waals surface area contributed by atoms with E-state index in [1.54, 1.807) is 0 Å². The van der Waals surface area contributed by atoms with E-state index in [1.165, 1.54) is 11.8 Å². The summed E-state index contributed by atoms with van der Waals surface area (Å²) in [7, 11) is -3.30. The maximum Gasteiger partial charge on any atom is 0.208 e. The number of likely N-dealkylation sites (tertiary alicyclic amines) is 1. The smallest absolute Gasteiger partial charge is 0.208 e. The van der Waals surface area contributed by atoms with Gasteiger partial charge in [-0.1, -0.05) is 30.3 Å². The Hall–Kier alpha value is -2.56. The van der Waals surface area contributed by atoms with Gasteiger partial charge in [0.1, 0.15) is 5.82 Å². The highest BCUT2D eigenvalue weighted by atomic mass is 32.2. The Morgan fingerprint density at radius 3 is 2.61 bits per heavy atom. The third-order valence-electron chi connectivity index (χ3n) is 5.83. The van der Waals surface area contributed by atoms with Gasteiger partial charge in [-0.2, -0.15) is 10.2 Å². The molecule has 3 aromatic rings. The van der Waals surface area contributed by atoms with Crippen LogP contribution in [-0.4, -0.2) is 57.1 Å². The topological polar surface area (TPSA) is 109 Å². The summed E-state index contributed by atoms with van der Waals surface area (Å²) in [6, 6.07) is 9.55. The summed E-state index contributed by atoms with van der Waals surface area (Å²) in [6.45, 7) is 8.26. The second-order valence-electron chi connectivity index (χ2n) is 8.14. The van der Waals surface area contributed by atoms with Gasteiger partial charge >= 0.3 is 0 Å². The van der Waals surface area contributed by atoms with Gasteiger partial charge in [-0.15, -0.1) is 0 Å². The molecule has 2 N–H and O–H groups in total. The highest BCUT2D eigenvalue weighted by Gasteiger charge is 2.37. The van der Waals surface area contributed by atoms with Crippen molar-refractivity contribution in [2.75, 3.05) is 12.8 Å². The van der Waals surface area contributed by atoms with Crippen molar-refractivity contribution in [3.8, 4) is 11.4 Å². The number of H-pyrrole nitrogens is 1. The Labute approximate surface area is 182 Å². The average molecular weight is 444 g/mol. The lowest BCUT2D eigenvalue weighted by Crippen LogP contribution is -2.36. The normalized spacial score (nSPS) is 19.9. The molecule has 31 heavy (non-hydrogen) atoms. The number of rotatable bonds is 7. The first kappa shape index (κ1) is 21.7. The van der Waals surface area contributed by atoms with Crippen LogP contribution in [0, 0.1) is 13.8 Å². The van der Waals surface area contributed by atoms with Crippen molar-refractivity contribution in [3.05, 3.63) is 53.1 Å². The summed E-state index contributed by atoms with van der Waals surface area (Å²) in [5.74, 6) is 1.39. The van der Waals surface area contributed by atoms with E-state index in [0.717, 1.165) is 29.3 Å². The van der Waals surface area contributed by atoms with E-state index in [-0.39, 0.29) is 12.1 Å². The van der Waals surface area contributed by atoms with E-state index in [4.69, 9.17) is 4.98 Å². The van der Waals surface area contributed by atoms with Crippen molar-refractivity contribution in [1.82, 2.24) is 34.6 Å². The summed E-state index contributed by atoms with van der Waals surface area (Å²) in [4.78, 5) is 7.00. The standard InChI is InChI=1S/C21H29N7O2S/c1-5-28-15(3)18(14(2)25-28)13-27-12-17(26-31(4,29)30)11-19(27)21-22-20(23-24-21)16-9-7-6-8-10-16/h6-10,17,19,26H,5,11-13H2,1-4H3,(H,22,23,24)/t17-,19-/m0/s1. The van der Waals surface area contributed by atoms with Crippen molar-refractivity contribution >= 4 is 10.0 Å². The number of hydrogen-bond acceptors (Lipinski definition) is 6. The van der Waals surface area contributed by atoms with Crippen LogP contribution in [0.15, 0.2) is 30.3 Å². The molecule has 2 aromatic heterocycles. The van der Waals surface area contributed by atoms with Gasteiger partial charge in [0, 0.05) is 42.5 Å². The van der Waals surface area contributed by atoms with Gasteiger partial charge in [0.2, 0.25) is 10.0 Å². The minimum absolute atomic E-state index is 0.0759. The minimum atomic E-state index is -3.30. The van der Waals surface area contributed by atoms with Crippen LogP contribution in [0.1, 0.15) is 42.2 Å². The molecule has 3 heterocycles. The first-order valence-electron chi connectivity index (χ1n) is 10.5. The molecule has 10 heteroatoms. The van der Waals surface area contributed by atoms with Gasteiger partial charge in [0.15, 0.2) is 5.82 Å². The monoisotopic (exact) mass is 443 g/mol. The fraction of sp³-hybridized carbons (Fsp3) is 0.476. The first-order valence-corrected chi connectivity index (χ1v) is 12.4. The van der Waals surface area contributed by atoms with Crippen molar-refractivity contribution < 1.29 is 8.42 Å². The average Bonchev–Trinajstić information content (AvgIpc) is 3.41. The minimum Gasteiger partial charge on any atom is -0.287 e. The molecule has 166 valence electrons. The molecule has 9 nitrogen and oxygen atoms in total. The third kappa shape index (κ3) is 4.70. The zero-order valence-electron chi connectivity index (χ0n) is 18.3. The molecule has 0 bridgehead atoms. The summed E-state index contributed by atoms with van der Waals surface area (Å²) in [5.41, 5.74) is 4.26. The number of aryl methyl sites for hydroxylation is 2. The highest BCUT2D eigenvalue weighted by molar-refractivity contribution is 7.88. The van der Waals surface area contributed by atoms with E-state index in [9.17, 15) is 8.42 Å². The lowest BCUT2D eigenvalue weighted by Gasteiger charge is -2.22. The Bertz CT molecular complexity index is 1150. The Balaban J connectivity index is 1.63. The number of benzene rings is 1. The summed E-state index contributed by atoms with van der Waals surface area (Å²) in [5, 5.41) is 12.1. The highest BCUT2D eigenvalue weighted by Crippen LogP contribution is 2.33. The van der Waals surface area contributed by atoms with Gasteiger partial charge in [0.25, 0.3) is 0 Å². The number of hydrogen-bond donors (Lipinski definition) is 2. The molecule has 1 saturated heterocycles. The summed E-state index contributed by atoms with van der Waals surface area (Å²) in [6.07, 6.45) is 1.82. The van der Waals surface area contributed by atoms with E-state index in [2.05, 4.69) is 38.8 Å². The number of sulfonamides is 1. The molecule has 0 spiro atoms. The maximum absolute atomic E-state index is 11.9. The number of nitrogens with one attached hydrogen (secondary N) is 2. The van der Waals surface area contributed by atoms with Crippen molar-refractivity contribution in [3.63, 3.8) is 0 Å². The van der Waals surface area contributed by atoms with Crippen molar-refractivity contribution in [2.24, 2.45) is 0 Å². The zero-order chi connectivity index (χ0) is 22.2. The largest absolute Gasteiger partial charge is 0.287 e. The van der Waals surface area contributed by atoms with Crippen LogP contribution in [0.25, 0.3) is 11.4 Å². The molecule has 1 aliphatic heterocycles. The quantitative estimate of drug-likeness (QED) is 0.579. The van der Waals surface area contributed by atoms with Gasteiger partial charge in [-0.05, 0) is 27.2 Å². The molecular formula is C21H29N7O2S. The molecule has 0 unspecified atom stereocenters. The second kappa shape index (κ2) is 8.52. The molecule has 4 rings (SSSR count). The van der Waals surface area contributed by atoms with Crippen LogP contribution in [0.3, 0.4) is 0 Å². The van der Waals surface area contributed by atoms with Gasteiger partial charge in [0.05, 0.1) is 18.0 Å². The third-order valence-corrected chi connectivity index (χ3v) is 6.59. The fourth-order valence-electron chi connectivity index (χ4n) is 4.36. The van der Waals surface area contributed by atoms with E-state index >= 15 is 0 Å². The van der Waals surface area contributed by atoms with Crippen LogP contribution in [0.2, 0.25) is 0 Å². The van der Waals surface area contributed by atoms with Gasteiger partial charge in [-0.3, -0.25) is 14.7 Å². The van der Waals surface area contributed by atoms with E-state index < -0.39 is 10.0 Å². The Kier molecular flexibility index (Phi) is 5.96. The first-order chi connectivity index (χ1) is 14.7. The van der Waals surface area contributed by atoms with Crippen LogP contribution in [-0.2, 0) is 23.1 Å². The molecule has 0 amide bonds. The van der Waals surface area contributed by atoms with E-state index in [0.29, 0.717) is 25.3 Å². The van der Waals surface area contributed by atoms with Crippen molar-refractivity contribution in [1.29, 1.82) is 0 Å². The van der Waals surface area contributed by atoms with Crippen LogP contribution < -0.4 is 4.72 Å². The second-order valence-corrected chi connectivity index (χ2v) is 9.92. The Morgan fingerprint density at radius 2 is 1.97 bits per heavy atom. The number of nitrogens with zero attached hydrogens (tertiary/aromatic N) is 5. The summed E-state index contributed by atoms with van der Waals surface area (Å²) < 4.78 is 28.5. The number of aromatic nitrogens is 5. The van der Waals surface area contributed by atoms with Crippen LogP contribution in [0.4, 0.5) is 0 Å². The molecule has 1 aliphatic rings. The van der Waals surface area contributed by atoms with Crippen LogP contribution in [0.5, 0.6) is 0 Å². The summed E-state index contributed by atoms with van der Waals surface area (Å²) >= 11 is 0. The molecule has 0 saturated carbocycles.